The summed E-state index contributed by atoms with van der Waals surface area (Å²) in [5.41, 5.74) is 7.58. The molecule has 19 heavy (non-hydrogen) atoms. The maximum Gasteiger partial charge on any atom is 0.280 e. The fourth-order valence-corrected chi connectivity index (χ4v) is 2.54. The number of hydrogen-bond acceptors (Lipinski definition) is 3. The molecule has 0 amide bonds. The summed E-state index contributed by atoms with van der Waals surface area (Å²) in [6, 6.07) is 6.90. The number of nitrogen functional groups attached to an aromatic ring is 1. The quantitative estimate of drug-likeness (QED) is 0.903. The molecule has 2 N–H and O–H groups in total. The summed E-state index contributed by atoms with van der Waals surface area (Å²) in [7, 11) is 0. The van der Waals surface area contributed by atoms with Crippen molar-refractivity contribution >= 4 is 22.3 Å². The van der Waals surface area contributed by atoms with Crippen molar-refractivity contribution in [1.29, 1.82) is 0 Å². The third-order valence-electron chi connectivity index (χ3n) is 3.54. The molecule has 0 unspecified atom stereocenters. The Hall–Kier alpha value is -1.91. The van der Waals surface area contributed by atoms with Crippen molar-refractivity contribution in [2.24, 2.45) is 0 Å². The predicted octanol–water partition coefficient (Wildman–Crippen LogP) is 3.35. The first-order chi connectivity index (χ1) is 9.15. The molecule has 1 aliphatic rings. The van der Waals surface area contributed by atoms with Crippen LogP contribution in [0.15, 0.2) is 24.3 Å². The highest BCUT2D eigenvalue weighted by molar-refractivity contribution is 5.92. The Morgan fingerprint density at radius 2 is 1.89 bits per heavy atom. The number of rotatable bonds is 2. The minimum atomic E-state index is -2.59. The second kappa shape index (κ2) is 4.64. The lowest BCUT2D eigenvalue weighted by atomic mass is 10.1. The van der Waals surface area contributed by atoms with Gasteiger partial charge in [-0.2, -0.15) is 0 Å². The van der Waals surface area contributed by atoms with Crippen LogP contribution in [0.2, 0.25) is 0 Å². The zero-order valence-electron chi connectivity index (χ0n) is 10.4. The Kier molecular flexibility index (Phi) is 2.97. The average molecular weight is 263 g/mol. The monoisotopic (exact) mass is 263 g/mol. The van der Waals surface area contributed by atoms with Gasteiger partial charge in [0.25, 0.3) is 6.43 Å². The van der Waals surface area contributed by atoms with Crippen molar-refractivity contribution in [1.82, 2.24) is 4.98 Å². The number of aromatic nitrogens is 1. The summed E-state index contributed by atoms with van der Waals surface area (Å²) < 4.78 is 25.3. The molecular formula is C14H15F2N3. The van der Waals surface area contributed by atoms with E-state index < -0.39 is 6.43 Å². The van der Waals surface area contributed by atoms with Crippen molar-refractivity contribution in [2.75, 3.05) is 23.7 Å². The molecule has 0 bridgehead atoms. The van der Waals surface area contributed by atoms with Crippen LogP contribution < -0.4 is 10.6 Å². The molecule has 0 spiro atoms. The van der Waals surface area contributed by atoms with Crippen LogP contribution in [0.5, 0.6) is 0 Å². The van der Waals surface area contributed by atoms with Crippen molar-refractivity contribution in [2.45, 2.75) is 19.3 Å². The fraction of sp³-hybridized carbons (Fsp3) is 0.357. The number of pyridine rings is 1. The van der Waals surface area contributed by atoms with Gasteiger partial charge in [-0.25, -0.2) is 13.8 Å². The van der Waals surface area contributed by atoms with E-state index in [4.69, 9.17) is 5.73 Å². The topological polar surface area (TPSA) is 42.1 Å². The largest absolute Gasteiger partial charge is 0.398 e. The minimum Gasteiger partial charge on any atom is -0.398 e. The molecule has 3 rings (SSSR count). The van der Waals surface area contributed by atoms with Crippen LogP contribution in [0.4, 0.5) is 20.2 Å². The summed E-state index contributed by atoms with van der Waals surface area (Å²) in [5.74, 6) is 0. The van der Waals surface area contributed by atoms with Gasteiger partial charge in [-0.3, -0.25) is 0 Å². The Bertz CT molecular complexity index is 607. The van der Waals surface area contributed by atoms with E-state index in [9.17, 15) is 8.78 Å². The van der Waals surface area contributed by atoms with Crippen LogP contribution in [0.25, 0.3) is 10.9 Å². The number of hydrogen-bond donors (Lipinski definition) is 1. The maximum absolute atomic E-state index is 12.7. The number of benzene rings is 1. The van der Waals surface area contributed by atoms with E-state index in [2.05, 4.69) is 9.88 Å². The summed E-state index contributed by atoms with van der Waals surface area (Å²) in [5, 5.41) is 0.744. The number of anilines is 2. The number of nitrogens with zero attached hydrogens (tertiary/aromatic N) is 2. The molecule has 1 aliphatic heterocycles. The van der Waals surface area contributed by atoms with Gasteiger partial charge in [-0.1, -0.05) is 0 Å². The van der Waals surface area contributed by atoms with Crippen LogP contribution in [0, 0.1) is 0 Å². The predicted molar refractivity (Wildman–Crippen MR) is 72.6 cm³/mol. The number of nitrogens with two attached hydrogens (primary N) is 1. The van der Waals surface area contributed by atoms with Crippen LogP contribution in [0.3, 0.4) is 0 Å². The van der Waals surface area contributed by atoms with Gasteiger partial charge in [0.15, 0.2) is 0 Å². The molecule has 1 aromatic heterocycles. The van der Waals surface area contributed by atoms with Gasteiger partial charge < -0.3 is 10.6 Å². The number of halogens is 2. The first kappa shape index (κ1) is 12.1. The molecule has 0 atom stereocenters. The average Bonchev–Trinajstić information content (AvgIpc) is 2.92. The molecule has 0 saturated carbocycles. The Labute approximate surface area is 110 Å². The number of alkyl halides is 2. The van der Waals surface area contributed by atoms with Crippen molar-refractivity contribution in [3.05, 3.63) is 30.0 Å². The van der Waals surface area contributed by atoms with E-state index in [1.54, 1.807) is 6.07 Å². The van der Waals surface area contributed by atoms with Crippen molar-refractivity contribution in [3.8, 4) is 0 Å². The second-order valence-electron chi connectivity index (χ2n) is 4.83. The molecule has 0 radical (unpaired) electrons. The van der Waals surface area contributed by atoms with E-state index in [0.29, 0.717) is 11.2 Å². The Morgan fingerprint density at radius 3 is 2.58 bits per heavy atom. The first-order valence-electron chi connectivity index (χ1n) is 6.38. The molecule has 1 aromatic carbocycles. The second-order valence-corrected chi connectivity index (χ2v) is 4.83. The van der Waals surface area contributed by atoms with Crippen molar-refractivity contribution < 1.29 is 8.78 Å². The van der Waals surface area contributed by atoms with Crippen LogP contribution >= 0.6 is 0 Å². The van der Waals surface area contributed by atoms with Gasteiger partial charge in [-0.15, -0.1) is 0 Å². The molecule has 5 heteroatoms. The Morgan fingerprint density at radius 1 is 1.16 bits per heavy atom. The van der Waals surface area contributed by atoms with Gasteiger partial charge in [0.1, 0.15) is 5.69 Å². The highest BCUT2D eigenvalue weighted by Crippen LogP contribution is 2.30. The minimum absolute atomic E-state index is 0.265. The summed E-state index contributed by atoms with van der Waals surface area (Å²) >= 11 is 0. The summed E-state index contributed by atoms with van der Waals surface area (Å²) in [6.07, 6.45) is -0.212. The standard InChI is InChI=1S/C14H15F2N3/c15-14(16)13-8-11(17)10-7-9(3-4-12(10)18-13)19-5-1-2-6-19/h3-4,7-8,14H,1-2,5-6H2,(H2,17,18). The molecule has 2 aromatic rings. The Balaban J connectivity index is 2.08. The van der Waals surface area contributed by atoms with E-state index >= 15 is 0 Å². The lowest BCUT2D eigenvalue weighted by Gasteiger charge is -2.18. The van der Waals surface area contributed by atoms with Crippen LogP contribution in [-0.2, 0) is 0 Å². The smallest absolute Gasteiger partial charge is 0.280 e. The van der Waals surface area contributed by atoms with E-state index in [1.807, 2.05) is 12.1 Å². The number of fused-ring (bicyclic) bond motifs is 1. The molecule has 100 valence electrons. The zero-order valence-corrected chi connectivity index (χ0v) is 10.4. The molecule has 1 saturated heterocycles. The fourth-order valence-electron chi connectivity index (χ4n) is 2.54. The third-order valence-corrected chi connectivity index (χ3v) is 3.54. The highest BCUT2D eigenvalue weighted by atomic mass is 19.3. The molecular weight excluding hydrogens is 248 g/mol. The van der Waals surface area contributed by atoms with Gasteiger partial charge >= 0.3 is 0 Å². The van der Waals surface area contributed by atoms with Crippen molar-refractivity contribution in [3.63, 3.8) is 0 Å². The molecule has 3 nitrogen and oxygen atoms in total. The van der Waals surface area contributed by atoms with Crippen LogP contribution in [-0.4, -0.2) is 18.1 Å². The van der Waals surface area contributed by atoms with Gasteiger partial charge in [0.2, 0.25) is 0 Å². The summed E-state index contributed by atoms with van der Waals surface area (Å²) in [6.45, 7) is 2.07. The van der Waals surface area contributed by atoms with Gasteiger partial charge in [0.05, 0.1) is 5.52 Å². The molecule has 2 heterocycles. The molecule has 0 aliphatic carbocycles. The normalized spacial score (nSPS) is 15.6. The highest BCUT2D eigenvalue weighted by Gasteiger charge is 2.15. The van der Waals surface area contributed by atoms with Gasteiger partial charge in [0, 0.05) is 29.9 Å². The molecule has 1 fully saturated rings. The lowest BCUT2D eigenvalue weighted by Crippen LogP contribution is -2.17. The third kappa shape index (κ3) is 2.20. The SMILES string of the molecule is Nc1cc(C(F)F)nc2ccc(N3CCCC3)cc12. The van der Waals surface area contributed by atoms with E-state index in [-0.39, 0.29) is 5.69 Å². The summed E-state index contributed by atoms with van der Waals surface area (Å²) in [4.78, 5) is 6.23. The first-order valence-corrected chi connectivity index (χ1v) is 6.38. The maximum atomic E-state index is 12.7. The lowest BCUT2D eigenvalue weighted by molar-refractivity contribution is 0.146. The van der Waals surface area contributed by atoms with Gasteiger partial charge in [-0.05, 0) is 37.1 Å². The van der Waals surface area contributed by atoms with E-state index in [1.165, 1.54) is 18.9 Å². The zero-order chi connectivity index (χ0) is 13.4. The van der Waals surface area contributed by atoms with Crippen LogP contribution in [0.1, 0.15) is 25.0 Å². The van der Waals surface area contributed by atoms with E-state index in [0.717, 1.165) is 24.2 Å².